The molecule has 0 atom stereocenters. The molecule has 4 heteroatoms. The monoisotopic (exact) mass is 184 g/mol. The van der Waals surface area contributed by atoms with Crippen LogP contribution in [0.15, 0.2) is 9.90 Å². The van der Waals surface area contributed by atoms with Crippen LogP contribution in [0.4, 0.5) is 0 Å². The van der Waals surface area contributed by atoms with E-state index in [0.29, 0.717) is 10.1 Å². The summed E-state index contributed by atoms with van der Waals surface area (Å²) in [5.74, 6) is 0.485. The molecule has 0 aromatic rings. The molecule has 0 amide bonds. The standard InChI is InChI=1S/C5H6Cl2OS/c1-4(8)3-9-5(7)2-6/h2H,3H2,1H3/b5-2+. The van der Waals surface area contributed by atoms with Crippen LogP contribution in [0.25, 0.3) is 0 Å². The fraction of sp³-hybridized carbons (Fsp3) is 0.400. The Bertz CT molecular complexity index is 133. The number of halogens is 2. The summed E-state index contributed by atoms with van der Waals surface area (Å²) in [5.41, 5.74) is 1.25. The highest BCUT2D eigenvalue weighted by Gasteiger charge is 1.95. The molecule has 0 fully saturated rings. The van der Waals surface area contributed by atoms with E-state index in [0.717, 1.165) is 0 Å². The Kier molecular flexibility index (Phi) is 5.35. The summed E-state index contributed by atoms with van der Waals surface area (Å²) in [7, 11) is 0. The van der Waals surface area contributed by atoms with E-state index in [4.69, 9.17) is 23.2 Å². The van der Waals surface area contributed by atoms with E-state index in [1.807, 2.05) is 0 Å². The van der Waals surface area contributed by atoms with Gasteiger partial charge in [0.15, 0.2) is 0 Å². The van der Waals surface area contributed by atoms with Gasteiger partial charge in [0.25, 0.3) is 0 Å². The third-order valence-corrected chi connectivity index (χ3v) is 2.34. The van der Waals surface area contributed by atoms with Crippen molar-refractivity contribution in [1.29, 1.82) is 0 Å². The number of thioether (sulfide) groups is 1. The van der Waals surface area contributed by atoms with Crippen molar-refractivity contribution in [2.45, 2.75) is 6.92 Å². The summed E-state index contributed by atoms with van der Waals surface area (Å²) in [6.45, 7) is 1.51. The maximum Gasteiger partial charge on any atom is 0.140 e. The largest absolute Gasteiger partial charge is 0.299 e. The highest BCUT2D eigenvalue weighted by Crippen LogP contribution is 2.19. The van der Waals surface area contributed by atoms with E-state index < -0.39 is 0 Å². The second-order valence-electron chi connectivity index (χ2n) is 1.40. The van der Waals surface area contributed by atoms with Crippen molar-refractivity contribution in [3.8, 4) is 0 Å². The van der Waals surface area contributed by atoms with Gasteiger partial charge >= 0.3 is 0 Å². The van der Waals surface area contributed by atoms with Crippen molar-refractivity contribution < 1.29 is 4.79 Å². The number of carbonyl (C=O) groups is 1. The summed E-state index contributed by atoms with van der Waals surface area (Å²) in [6, 6.07) is 0. The van der Waals surface area contributed by atoms with Crippen LogP contribution in [0, 0.1) is 0 Å². The van der Waals surface area contributed by atoms with Gasteiger partial charge in [0.1, 0.15) is 5.78 Å². The van der Waals surface area contributed by atoms with E-state index in [-0.39, 0.29) is 5.78 Å². The van der Waals surface area contributed by atoms with E-state index in [1.54, 1.807) is 0 Å². The first kappa shape index (κ1) is 9.34. The summed E-state index contributed by atoms with van der Waals surface area (Å²) in [5, 5.41) is 0. The molecule has 9 heavy (non-hydrogen) atoms. The third-order valence-electron chi connectivity index (χ3n) is 0.499. The zero-order chi connectivity index (χ0) is 7.28. The third kappa shape index (κ3) is 6.22. The molecule has 0 radical (unpaired) electrons. The van der Waals surface area contributed by atoms with Crippen LogP contribution in [0.3, 0.4) is 0 Å². The van der Waals surface area contributed by atoms with Crippen molar-refractivity contribution in [3.63, 3.8) is 0 Å². The fourth-order valence-corrected chi connectivity index (χ4v) is 0.959. The van der Waals surface area contributed by atoms with Gasteiger partial charge < -0.3 is 0 Å². The number of ketones is 1. The quantitative estimate of drug-likeness (QED) is 0.672. The molecule has 0 aliphatic carbocycles. The molecule has 0 aromatic carbocycles. The first-order chi connectivity index (χ1) is 4.16. The number of rotatable bonds is 3. The van der Waals surface area contributed by atoms with Gasteiger partial charge in [0.2, 0.25) is 0 Å². The Hall–Kier alpha value is 0.340. The van der Waals surface area contributed by atoms with Crippen LogP contribution in [0.5, 0.6) is 0 Å². The summed E-state index contributed by atoms with van der Waals surface area (Å²) in [4.78, 5) is 10.3. The van der Waals surface area contributed by atoms with Gasteiger partial charge in [-0.05, 0) is 6.92 Å². The summed E-state index contributed by atoms with van der Waals surface area (Å²) >= 11 is 11.9. The average Bonchev–Trinajstić information content (AvgIpc) is 1.83. The Morgan fingerprint density at radius 1 is 1.78 bits per heavy atom. The molecule has 0 rings (SSSR count). The fourth-order valence-electron chi connectivity index (χ4n) is 0.202. The van der Waals surface area contributed by atoms with Crippen LogP contribution in [-0.2, 0) is 4.79 Å². The highest BCUT2D eigenvalue weighted by atomic mass is 35.5. The van der Waals surface area contributed by atoms with E-state index >= 15 is 0 Å². The normalized spacial score (nSPS) is 11.7. The van der Waals surface area contributed by atoms with Crippen LogP contribution in [0.1, 0.15) is 6.92 Å². The highest BCUT2D eigenvalue weighted by molar-refractivity contribution is 8.05. The van der Waals surface area contributed by atoms with Gasteiger partial charge in [-0.15, -0.1) is 11.8 Å². The molecule has 52 valence electrons. The molecule has 1 nitrogen and oxygen atoms in total. The lowest BCUT2D eigenvalue weighted by Gasteiger charge is -1.91. The molecule has 0 heterocycles. The molecule has 0 aromatic heterocycles. The molecule has 0 aliphatic rings. The zero-order valence-electron chi connectivity index (χ0n) is 4.86. The predicted octanol–water partition coefficient (Wildman–Crippen LogP) is 2.59. The molecular formula is C5H6Cl2OS. The lowest BCUT2D eigenvalue weighted by Crippen LogP contribution is -1.91. The number of hydrogen-bond donors (Lipinski definition) is 0. The zero-order valence-corrected chi connectivity index (χ0v) is 7.19. The molecule has 0 bridgehead atoms. The van der Waals surface area contributed by atoms with E-state index in [9.17, 15) is 4.79 Å². The first-order valence-corrected chi connectivity index (χ1v) is 4.05. The van der Waals surface area contributed by atoms with Crippen LogP contribution in [-0.4, -0.2) is 11.5 Å². The van der Waals surface area contributed by atoms with Gasteiger partial charge in [-0.2, -0.15) is 0 Å². The minimum atomic E-state index is 0.0941. The average molecular weight is 185 g/mol. The number of Topliss-reactive ketones (excluding diaryl/α,β-unsaturated/α-hetero) is 1. The van der Waals surface area contributed by atoms with E-state index in [2.05, 4.69) is 0 Å². The van der Waals surface area contributed by atoms with Gasteiger partial charge in [0, 0.05) is 5.54 Å². The van der Waals surface area contributed by atoms with Crippen molar-refractivity contribution in [2.75, 3.05) is 5.75 Å². The summed E-state index contributed by atoms with van der Waals surface area (Å²) in [6.07, 6.45) is 0. The lowest BCUT2D eigenvalue weighted by molar-refractivity contribution is -0.114. The minimum Gasteiger partial charge on any atom is -0.299 e. The van der Waals surface area contributed by atoms with Crippen molar-refractivity contribution >= 4 is 40.7 Å². The Labute approximate surface area is 68.4 Å². The molecule has 0 saturated carbocycles. The predicted molar refractivity (Wildman–Crippen MR) is 42.9 cm³/mol. The molecule has 0 N–H and O–H groups in total. The maximum atomic E-state index is 10.3. The molecular weight excluding hydrogens is 179 g/mol. The second kappa shape index (κ2) is 5.15. The SMILES string of the molecule is CC(=O)CS/C(Cl)=C/Cl. The smallest absolute Gasteiger partial charge is 0.140 e. The molecule has 0 spiro atoms. The van der Waals surface area contributed by atoms with Crippen LogP contribution in [0.2, 0.25) is 0 Å². The van der Waals surface area contributed by atoms with E-state index in [1.165, 1.54) is 24.2 Å². The molecule has 0 aliphatic heterocycles. The number of carbonyl (C=O) groups excluding carboxylic acids is 1. The second-order valence-corrected chi connectivity index (χ2v) is 3.27. The lowest BCUT2D eigenvalue weighted by atomic mass is 10.5. The van der Waals surface area contributed by atoms with Crippen molar-refractivity contribution in [3.05, 3.63) is 9.90 Å². The first-order valence-electron chi connectivity index (χ1n) is 2.25. The van der Waals surface area contributed by atoms with Gasteiger partial charge in [-0.1, -0.05) is 23.2 Å². The summed E-state index contributed by atoms with van der Waals surface area (Å²) < 4.78 is 0.451. The van der Waals surface area contributed by atoms with Gasteiger partial charge in [0.05, 0.1) is 10.1 Å². The Morgan fingerprint density at radius 2 is 2.33 bits per heavy atom. The van der Waals surface area contributed by atoms with Crippen LogP contribution >= 0.6 is 35.0 Å². The topological polar surface area (TPSA) is 17.1 Å². The van der Waals surface area contributed by atoms with Gasteiger partial charge in [-0.3, -0.25) is 4.79 Å². The number of hydrogen-bond acceptors (Lipinski definition) is 2. The van der Waals surface area contributed by atoms with Crippen LogP contribution < -0.4 is 0 Å². The maximum absolute atomic E-state index is 10.3. The molecule has 0 saturated heterocycles. The Balaban J connectivity index is 3.39. The van der Waals surface area contributed by atoms with Crippen molar-refractivity contribution in [1.82, 2.24) is 0 Å². The minimum absolute atomic E-state index is 0.0941. The van der Waals surface area contributed by atoms with Gasteiger partial charge in [-0.25, -0.2) is 0 Å². The van der Waals surface area contributed by atoms with Crippen molar-refractivity contribution in [2.24, 2.45) is 0 Å². The Morgan fingerprint density at radius 3 is 2.67 bits per heavy atom. The molecule has 0 unspecified atom stereocenters.